The lowest BCUT2D eigenvalue weighted by atomic mass is 10.1. The highest BCUT2D eigenvalue weighted by Gasteiger charge is 2.12. The van der Waals surface area contributed by atoms with Crippen molar-refractivity contribution in [2.45, 2.75) is 12.6 Å². The maximum atomic E-state index is 9.52. The fourth-order valence-corrected chi connectivity index (χ4v) is 2.03. The van der Waals surface area contributed by atoms with Gasteiger partial charge in [0.2, 0.25) is 0 Å². The van der Waals surface area contributed by atoms with Crippen molar-refractivity contribution >= 4 is 17.4 Å². The van der Waals surface area contributed by atoms with E-state index in [-0.39, 0.29) is 19.3 Å². The van der Waals surface area contributed by atoms with Crippen LogP contribution in [0.5, 0.6) is 0 Å². The lowest BCUT2D eigenvalue weighted by Crippen LogP contribution is -2.16. The number of nitrogens with one attached hydrogen (secondary N) is 1. The van der Waals surface area contributed by atoms with Gasteiger partial charge in [-0.2, -0.15) is 0 Å². The Morgan fingerprint density at radius 3 is 2.70 bits per heavy atom. The van der Waals surface area contributed by atoms with E-state index in [4.69, 9.17) is 16.3 Å². The predicted molar refractivity (Wildman–Crippen MR) is 77.6 cm³/mol. The summed E-state index contributed by atoms with van der Waals surface area (Å²) in [7, 11) is 1.57. The van der Waals surface area contributed by atoms with Crippen LogP contribution in [0.4, 0.5) is 5.82 Å². The average molecular weight is 294 g/mol. The van der Waals surface area contributed by atoms with E-state index in [0.717, 1.165) is 5.56 Å². The van der Waals surface area contributed by atoms with E-state index in [9.17, 15) is 5.11 Å². The van der Waals surface area contributed by atoms with E-state index >= 15 is 0 Å². The lowest BCUT2D eigenvalue weighted by molar-refractivity contribution is 0.178. The molecule has 1 aromatic carbocycles. The number of hydrogen-bond acceptors (Lipinski definition) is 5. The molecule has 0 radical (unpaired) electrons. The Balaban J connectivity index is 2.19. The first-order valence-electron chi connectivity index (χ1n) is 6.17. The zero-order valence-electron chi connectivity index (χ0n) is 11.1. The molecule has 2 N–H and O–H groups in total. The number of benzene rings is 1. The zero-order valence-corrected chi connectivity index (χ0v) is 11.8. The lowest BCUT2D eigenvalue weighted by Gasteiger charge is -2.17. The Morgan fingerprint density at radius 2 is 2.05 bits per heavy atom. The molecule has 1 aromatic heterocycles. The van der Waals surface area contributed by atoms with Gasteiger partial charge in [-0.25, -0.2) is 9.97 Å². The molecule has 0 saturated heterocycles. The van der Waals surface area contributed by atoms with E-state index < -0.39 is 0 Å². The van der Waals surface area contributed by atoms with E-state index in [1.807, 2.05) is 30.3 Å². The van der Waals surface area contributed by atoms with Crippen LogP contribution in [0.25, 0.3) is 0 Å². The minimum atomic E-state index is -0.252. The molecule has 0 fully saturated rings. The molecule has 1 atom stereocenters. The third kappa shape index (κ3) is 3.90. The Hall–Kier alpha value is -1.69. The number of ether oxygens (including phenoxy) is 1. The van der Waals surface area contributed by atoms with Crippen LogP contribution in [0, 0.1) is 0 Å². The van der Waals surface area contributed by atoms with Crippen molar-refractivity contribution in [1.29, 1.82) is 0 Å². The fourth-order valence-electron chi connectivity index (χ4n) is 1.83. The number of rotatable bonds is 6. The first-order valence-corrected chi connectivity index (χ1v) is 6.55. The molecular weight excluding hydrogens is 278 g/mol. The van der Waals surface area contributed by atoms with Crippen LogP contribution in [0.3, 0.4) is 0 Å². The molecule has 6 heteroatoms. The van der Waals surface area contributed by atoms with Crippen LogP contribution in [0.15, 0.2) is 36.4 Å². The third-order valence-corrected chi connectivity index (χ3v) is 2.91. The van der Waals surface area contributed by atoms with Crippen molar-refractivity contribution < 1.29 is 9.84 Å². The van der Waals surface area contributed by atoms with Crippen molar-refractivity contribution in [3.63, 3.8) is 0 Å². The first-order chi connectivity index (χ1) is 9.72. The normalized spacial score (nSPS) is 12.2. The highest BCUT2D eigenvalue weighted by atomic mass is 35.5. The number of halogens is 1. The van der Waals surface area contributed by atoms with Gasteiger partial charge in [-0.3, -0.25) is 0 Å². The standard InChI is InChI=1S/C14H16ClN3O2/c1-20-9-14-17-12(15)7-13(18-14)16-11(8-19)10-5-3-2-4-6-10/h2-7,11,19H,8-9H2,1H3,(H,16,17,18). The Labute approximate surface area is 122 Å². The summed E-state index contributed by atoms with van der Waals surface area (Å²) in [6.45, 7) is 0.232. The van der Waals surface area contributed by atoms with Crippen molar-refractivity contribution in [2.24, 2.45) is 0 Å². The van der Waals surface area contributed by atoms with Gasteiger partial charge in [0.05, 0.1) is 12.6 Å². The summed E-state index contributed by atoms with van der Waals surface area (Å²) in [4.78, 5) is 8.35. The molecule has 0 amide bonds. The van der Waals surface area contributed by atoms with Gasteiger partial charge < -0.3 is 15.2 Å². The van der Waals surface area contributed by atoms with Gasteiger partial charge >= 0.3 is 0 Å². The highest BCUT2D eigenvalue weighted by Crippen LogP contribution is 2.19. The van der Waals surface area contributed by atoms with Crippen LogP contribution in [0.2, 0.25) is 5.15 Å². The Morgan fingerprint density at radius 1 is 1.30 bits per heavy atom. The SMILES string of the molecule is COCc1nc(Cl)cc(NC(CO)c2ccccc2)n1. The zero-order chi connectivity index (χ0) is 14.4. The molecule has 0 aliphatic heterocycles. The average Bonchev–Trinajstić information content (AvgIpc) is 2.45. The molecule has 1 heterocycles. The molecule has 2 rings (SSSR count). The maximum Gasteiger partial charge on any atom is 0.158 e. The number of hydrogen-bond donors (Lipinski definition) is 2. The molecule has 0 aliphatic carbocycles. The van der Waals surface area contributed by atoms with Gasteiger partial charge in [0, 0.05) is 13.2 Å². The third-order valence-electron chi connectivity index (χ3n) is 2.72. The molecule has 0 bridgehead atoms. The quantitative estimate of drug-likeness (QED) is 0.801. The number of aromatic nitrogens is 2. The molecule has 1 unspecified atom stereocenters. The van der Waals surface area contributed by atoms with Crippen LogP contribution in [-0.2, 0) is 11.3 Å². The second kappa shape index (κ2) is 7.19. The van der Waals surface area contributed by atoms with E-state index in [0.29, 0.717) is 16.8 Å². The Kier molecular flexibility index (Phi) is 5.29. The molecule has 2 aromatic rings. The van der Waals surface area contributed by atoms with Crippen LogP contribution < -0.4 is 5.32 Å². The Bertz CT molecular complexity index is 551. The van der Waals surface area contributed by atoms with Crippen LogP contribution in [-0.4, -0.2) is 28.8 Å². The molecule has 0 saturated carbocycles. The summed E-state index contributed by atoms with van der Waals surface area (Å²) in [5, 5.41) is 13.0. The van der Waals surface area contributed by atoms with Gasteiger partial charge in [-0.1, -0.05) is 41.9 Å². The van der Waals surface area contributed by atoms with E-state index in [1.54, 1.807) is 13.2 Å². The summed E-state index contributed by atoms with van der Waals surface area (Å²) >= 11 is 5.95. The molecule has 0 aliphatic rings. The molecule has 20 heavy (non-hydrogen) atoms. The number of anilines is 1. The second-order valence-corrected chi connectivity index (χ2v) is 4.60. The second-order valence-electron chi connectivity index (χ2n) is 4.22. The highest BCUT2D eigenvalue weighted by molar-refractivity contribution is 6.29. The number of aliphatic hydroxyl groups excluding tert-OH is 1. The van der Waals surface area contributed by atoms with Crippen molar-refractivity contribution in [2.75, 3.05) is 19.0 Å². The van der Waals surface area contributed by atoms with Gasteiger partial charge in [0.25, 0.3) is 0 Å². The topological polar surface area (TPSA) is 67.3 Å². The summed E-state index contributed by atoms with van der Waals surface area (Å²) < 4.78 is 4.99. The van der Waals surface area contributed by atoms with Crippen molar-refractivity contribution in [3.8, 4) is 0 Å². The smallest absolute Gasteiger partial charge is 0.158 e. The van der Waals surface area contributed by atoms with Crippen molar-refractivity contribution in [3.05, 3.63) is 52.9 Å². The van der Waals surface area contributed by atoms with Gasteiger partial charge in [0.1, 0.15) is 17.6 Å². The maximum absolute atomic E-state index is 9.52. The minimum Gasteiger partial charge on any atom is -0.394 e. The first kappa shape index (κ1) is 14.7. The van der Waals surface area contributed by atoms with Gasteiger partial charge in [-0.15, -0.1) is 0 Å². The fraction of sp³-hybridized carbons (Fsp3) is 0.286. The summed E-state index contributed by atoms with van der Waals surface area (Å²) in [5.41, 5.74) is 0.970. The summed E-state index contributed by atoms with van der Waals surface area (Å²) in [6.07, 6.45) is 0. The number of methoxy groups -OCH3 is 1. The van der Waals surface area contributed by atoms with Crippen LogP contribution >= 0.6 is 11.6 Å². The monoisotopic (exact) mass is 293 g/mol. The molecule has 106 valence electrons. The number of aliphatic hydroxyl groups is 1. The van der Waals surface area contributed by atoms with E-state index in [2.05, 4.69) is 15.3 Å². The molecule has 5 nitrogen and oxygen atoms in total. The van der Waals surface area contributed by atoms with Gasteiger partial charge in [-0.05, 0) is 5.56 Å². The predicted octanol–water partition coefficient (Wildman–Crippen LogP) is 2.42. The number of nitrogens with zero attached hydrogens (tertiary/aromatic N) is 2. The van der Waals surface area contributed by atoms with Crippen LogP contribution in [0.1, 0.15) is 17.4 Å². The van der Waals surface area contributed by atoms with E-state index in [1.165, 1.54) is 0 Å². The minimum absolute atomic E-state index is 0.0504. The van der Waals surface area contributed by atoms with Gasteiger partial charge in [0.15, 0.2) is 5.82 Å². The van der Waals surface area contributed by atoms with Crippen molar-refractivity contribution in [1.82, 2.24) is 9.97 Å². The molecule has 0 spiro atoms. The summed E-state index contributed by atoms with van der Waals surface area (Å²) in [6, 6.07) is 11.0. The molecular formula is C14H16ClN3O2. The summed E-state index contributed by atoms with van der Waals surface area (Å²) in [5.74, 6) is 1.05. The largest absolute Gasteiger partial charge is 0.394 e.